The minimum atomic E-state index is -0.0430. The molecule has 2 aromatic heterocycles. The zero-order chi connectivity index (χ0) is 16.9. The van der Waals surface area contributed by atoms with Gasteiger partial charge in [0, 0.05) is 36.4 Å². The number of aromatic nitrogens is 4. The summed E-state index contributed by atoms with van der Waals surface area (Å²) in [4.78, 5) is 15.9. The Labute approximate surface area is 148 Å². The summed E-state index contributed by atoms with van der Waals surface area (Å²) in [5.41, 5.74) is 2.22. The van der Waals surface area contributed by atoms with Crippen molar-refractivity contribution in [3.8, 4) is 11.4 Å². The number of hydrogen-bond acceptors (Lipinski definition) is 6. The smallest absolute Gasteiger partial charge is 0.226 e. The van der Waals surface area contributed by atoms with Crippen molar-refractivity contribution in [1.82, 2.24) is 19.7 Å². The third-order valence-corrected chi connectivity index (χ3v) is 5.06. The van der Waals surface area contributed by atoms with E-state index in [1.54, 1.807) is 6.20 Å². The Morgan fingerprint density at radius 2 is 2.25 bits per heavy atom. The van der Waals surface area contributed by atoms with Gasteiger partial charge in [-0.1, -0.05) is 35.5 Å². The van der Waals surface area contributed by atoms with Crippen LogP contribution in [0.1, 0.15) is 12.0 Å². The zero-order valence-electron chi connectivity index (χ0n) is 13.4. The highest BCUT2D eigenvalue weighted by molar-refractivity contribution is 7.99. The predicted octanol–water partition coefficient (Wildman–Crippen LogP) is 3.37. The maximum absolute atomic E-state index is 11.8. The highest BCUT2D eigenvalue weighted by atomic mass is 32.2. The molecule has 6 nitrogen and oxygen atoms in total. The van der Waals surface area contributed by atoms with Gasteiger partial charge in [0.1, 0.15) is 0 Å². The first-order valence-corrected chi connectivity index (χ1v) is 9.28. The summed E-state index contributed by atoms with van der Waals surface area (Å²) in [5.74, 6) is 1.42. The van der Waals surface area contributed by atoms with Crippen LogP contribution in [0.3, 0.4) is 0 Å². The number of benzene rings is 1. The molecule has 3 aromatic rings. The first-order valence-electron chi connectivity index (χ1n) is 7.42. The summed E-state index contributed by atoms with van der Waals surface area (Å²) < 4.78 is 1.96. The van der Waals surface area contributed by atoms with Crippen LogP contribution < -0.4 is 5.32 Å². The van der Waals surface area contributed by atoms with Gasteiger partial charge in [-0.2, -0.15) is 0 Å². The van der Waals surface area contributed by atoms with Gasteiger partial charge >= 0.3 is 0 Å². The van der Waals surface area contributed by atoms with Crippen molar-refractivity contribution in [2.75, 3.05) is 11.1 Å². The number of rotatable bonds is 6. The van der Waals surface area contributed by atoms with Gasteiger partial charge in [-0.25, -0.2) is 4.98 Å². The van der Waals surface area contributed by atoms with E-state index in [-0.39, 0.29) is 5.91 Å². The number of carbonyl (C=O) groups is 1. The van der Waals surface area contributed by atoms with Crippen LogP contribution in [0.2, 0.25) is 0 Å². The standard InChI is InChI=1S/C16H17N5OS2/c1-11-4-3-5-12(10-11)14-19-20-16(21(14)2)24-8-6-13(22)18-15-17-7-9-23-15/h3-5,7,9-10H,6,8H2,1-2H3,(H,17,18,22). The van der Waals surface area contributed by atoms with Gasteiger partial charge in [0.05, 0.1) is 0 Å². The Hall–Kier alpha value is -2.19. The number of aryl methyl sites for hydroxylation is 1. The van der Waals surface area contributed by atoms with Crippen molar-refractivity contribution in [3.63, 3.8) is 0 Å². The molecule has 0 radical (unpaired) electrons. The van der Waals surface area contributed by atoms with Crippen molar-refractivity contribution in [3.05, 3.63) is 41.4 Å². The lowest BCUT2D eigenvalue weighted by molar-refractivity contribution is -0.115. The zero-order valence-corrected chi connectivity index (χ0v) is 15.0. The van der Waals surface area contributed by atoms with E-state index in [0.717, 1.165) is 16.5 Å². The van der Waals surface area contributed by atoms with E-state index in [4.69, 9.17) is 0 Å². The van der Waals surface area contributed by atoms with E-state index in [9.17, 15) is 4.79 Å². The summed E-state index contributed by atoms with van der Waals surface area (Å²) in [6, 6.07) is 8.17. The first kappa shape index (κ1) is 16.7. The number of thioether (sulfide) groups is 1. The molecule has 0 saturated carbocycles. The molecule has 1 amide bonds. The summed E-state index contributed by atoms with van der Waals surface area (Å²) >= 11 is 2.93. The predicted molar refractivity (Wildman–Crippen MR) is 97.3 cm³/mol. The average molecular weight is 359 g/mol. The highest BCUT2D eigenvalue weighted by Gasteiger charge is 2.12. The van der Waals surface area contributed by atoms with E-state index >= 15 is 0 Å². The minimum absolute atomic E-state index is 0.0430. The molecule has 24 heavy (non-hydrogen) atoms. The lowest BCUT2D eigenvalue weighted by Gasteiger charge is -2.05. The van der Waals surface area contributed by atoms with Crippen molar-refractivity contribution in [2.45, 2.75) is 18.5 Å². The summed E-state index contributed by atoms with van der Waals surface area (Å²) in [6.07, 6.45) is 2.07. The molecule has 0 unspecified atom stereocenters. The fraction of sp³-hybridized carbons (Fsp3) is 0.250. The minimum Gasteiger partial charge on any atom is -0.305 e. The average Bonchev–Trinajstić information content (AvgIpc) is 3.18. The van der Waals surface area contributed by atoms with Gasteiger partial charge in [0.15, 0.2) is 16.1 Å². The molecule has 1 N–H and O–H groups in total. The number of carbonyl (C=O) groups excluding carboxylic acids is 1. The van der Waals surface area contributed by atoms with Crippen molar-refractivity contribution in [1.29, 1.82) is 0 Å². The van der Waals surface area contributed by atoms with Gasteiger partial charge in [-0.3, -0.25) is 4.79 Å². The van der Waals surface area contributed by atoms with Crippen LogP contribution in [-0.4, -0.2) is 31.4 Å². The molecule has 0 aliphatic rings. The Morgan fingerprint density at radius 3 is 3.00 bits per heavy atom. The summed E-state index contributed by atoms with van der Waals surface area (Å²) in [5, 5.41) is 14.5. The van der Waals surface area contributed by atoms with E-state index in [1.165, 1.54) is 28.7 Å². The van der Waals surface area contributed by atoms with Crippen LogP contribution in [0.4, 0.5) is 5.13 Å². The molecular weight excluding hydrogens is 342 g/mol. The summed E-state index contributed by atoms with van der Waals surface area (Å²) in [7, 11) is 1.94. The third-order valence-electron chi connectivity index (χ3n) is 3.35. The van der Waals surface area contributed by atoms with E-state index in [0.29, 0.717) is 17.3 Å². The molecule has 0 spiro atoms. The van der Waals surface area contributed by atoms with E-state index < -0.39 is 0 Å². The van der Waals surface area contributed by atoms with E-state index in [1.807, 2.05) is 29.1 Å². The fourth-order valence-corrected chi connectivity index (χ4v) is 3.57. The topological polar surface area (TPSA) is 72.7 Å². The molecule has 0 aliphatic carbocycles. The molecule has 0 bridgehead atoms. The van der Waals surface area contributed by atoms with Gasteiger partial charge in [0.25, 0.3) is 0 Å². The monoisotopic (exact) mass is 359 g/mol. The quantitative estimate of drug-likeness (QED) is 0.683. The number of hydrogen-bond donors (Lipinski definition) is 1. The van der Waals surface area contributed by atoms with Crippen LogP contribution in [0.15, 0.2) is 41.0 Å². The molecule has 0 atom stereocenters. The second-order valence-electron chi connectivity index (χ2n) is 5.22. The van der Waals surface area contributed by atoms with Crippen molar-refractivity contribution in [2.24, 2.45) is 7.05 Å². The van der Waals surface area contributed by atoms with E-state index in [2.05, 4.69) is 39.6 Å². The Morgan fingerprint density at radius 1 is 1.38 bits per heavy atom. The van der Waals surface area contributed by atoms with Crippen molar-refractivity contribution >= 4 is 34.1 Å². The van der Waals surface area contributed by atoms with Gasteiger partial charge < -0.3 is 9.88 Å². The molecule has 8 heteroatoms. The van der Waals surface area contributed by atoms with Crippen LogP contribution >= 0.6 is 23.1 Å². The van der Waals surface area contributed by atoms with Crippen LogP contribution in [0.25, 0.3) is 11.4 Å². The number of nitrogens with one attached hydrogen (secondary N) is 1. The largest absolute Gasteiger partial charge is 0.305 e. The second-order valence-corrected chi connectivity index (χ2v) is 7.18. The number of thiazole rings is 1. The number of anilines is 1. The highest BCUT2D eigenvalue weighted by Crippen LogP contribution is 2.23. The van der Waals surface area contributed by atoms with Gasteiger partial charge in [-0.15, -0.1) is 21.5 Å². The molecule has 3 rings (SSSR count). The molecule has 0 aliphatic heterocycles. The molecule has 2 heterocycles. The van der Waals surface area contributed by atoms with Crippen LogP contribution in [0.5, 0.6) is 0 Å². The van der Waals surface area contributed by atoms with Gasteiger partial charge in [0.2, 0.25) is 5.91 Å². The summed E-state index contributed by atoms with van der Waals surface area (Å²) in [6.45, 7) is 2.05. The lowest BCUT2D eigenvalue weighted by Crippen LogP contribution is -2.12. The second kappa shape index (κ2) is 7.59. The first-order chi connectivity index (χ1) is 11.6. The lowest BCUT2D eigenvalue weighted by atomic mass is 10.1. The van der Waals surface area contributed by atoms with Crippen molar-refractivity contribution < 1.29 is 4.79 Å². The molecule has 1 aromatic carbocycles. The number of amides is 1. The normalized spacial score (nSPS) is 10.8. The SMILES string of the molecule is Cc1cccc(-c2nnc(SCCC(=O)Nc3nccs3)n2C)c1. The van der Waals surface area contributed by atoms with Crippen LogP contribution in [0, 0.1) is 6.92 Å². The Kier molecular flexibility index (Phi) is 5.27. The maximum atomic E-state index is 11.8. The molecule has 124 valence electrons. The maximum Gasteiger partial charge on any atom is 0.226 e. The Bertz CT molecular complexity index is 829. The number of nitrogens with zero attached hydrogens (tertiary/aromatic N) is 4. The molecular formula is C16H17N5OS2. The van der Waals surface area contributed by atoms with Crippen LogP contribution in [-0.2, 0) is 11.8 Å². The third kappa shape index (κ3) is 4.01. The molecule has 0 saturated heterocycles. The van der Waals surface area contributed by atoms with Gasteiger partial charge in [-0.05, 0) is 13.0 Å². The Balaban J connectivity index is 1.57. The fourth-order valence-electron chi connectivity index (χ4n) is 2.18. The molecule has 0 fully saturated rings.